The first kappa shape index (κ1) is 11.3. The highest BCUT2D eigenvalue weighted by Crippen LogP contribution is 2.17. The topological polar surface area (TPSA) is 30.7 Å². The van der Waals surface area contributed by atoms with Gasteiger partial charge in [0.2, 0.25) is 0 Å². The molecule has 0 N–H and O–H groups in total. The van der Waals surface area contributed by atoms with Gasteiger partial charge in [-0.05, 0) is 25.0 Å². The predicted molar refractivity (Wildman–Crippen MR) is 67.3 cm³/mol. The van der Waals surface area contributed by atoms with Crippen LogP contribution in [0.4, 0.5) is 0 Å². The highest BCUT2D eigenvalue weighted by atomic mass is 79.9. The van der Waals surface area contributed by atoms with Crippen LogP contribution >= 0.6 is 15.9 Å². The fourth-order valence-corrected chi connectivity index (χ4v) is 2.10. The minimum Gasteiger partial charge on any atom is -0.318 e. The largest absolute Gasteiger partial charge is 0.318 e. The normalized spacial score (nSPS) is 10.7. The monoisotopic (exact) mass is 279 g/mol. The van der Waals surface area contributed by atoms with Crippen LogP contribution in [0.2, 0.25) is 0 Å². The molecule has 3 nitrogen and oxygen atoms in total. The first-order valence-electron chi connectivity index (χ1n) is 5.27. The van der Waals surface area contributed by atoms with Gasteiger partial charge in [0.15, 0.2) is 0 Å². The molecule has 0 bridgehead atoms. The molecule has 2 rings (SSSR count). The van der Waals surface area contributed by atoms with Crippen LogP contribution in [0.1, 0.15) is 17.2 Å². The van der Waals surface area contributed by atoms with Crippen LogP contribution in [0.5, 0.6) is 0 Å². The van der Waals surface area contributed by atoms with Crippen molar-refractivity contribution in [1.29, 1.82) is 0 Å². The second-order valence-electron chi connectivity index (χ2n) is 3.81. The first-order valence-corrected chi connectivity index (χ1v) is 6.06. The van der Waals surface area contributed by atoms with Gasteiger partial charge in [-0.3, -0.25) is 0 Å². The Morgan fingerprint density at radius 3 is 2.56 bits per heavy atom. The predicted octanol–water partition coefficient (Wildman–Crippen LogP) is 2.67. The summed E-state index contributed by atoms with van der Waals surface area (Å²) in [5.41, 5.74) is 1.31. The lowest BCUT2D eigenvalue weighted by molar-refractivity contribution is 0.754. The molecule has 84 valence electrons. The maximum Gasteiger partial charge on any atom is 0.133 e. The number of aryl methyl sites for hydroxylation is 3. The minimum atomic E-state index is 0.917. The summed E-state index contributed by atoms with van der Waals surface area (Å²) in [6, 6.07) is 8.28. The third-order valence-electron chi connectivity index (χ3n) is 2.76. The van der Waals surface area contributed by atoms with Crippen molar-refractivity contribution in [3.05, 3.63) is 46.0 Å². The summed E-state index contributed by atoms with van der Waals surface area (Å²) in [7, 11) is 2.00. The van der Waals surface area contributed by atoms with Crippen molar-refractivity contribution in [3.63, 3.8) is 0 Å². The fourth-order valence-electron chi connectivity index (χ4n) is 1.62. The van der Waals surface area contributed by atoms with Crippen LogP contribution < -0.4 is 0 Å². The summed E-state index contributed by atoms with van der Waals surface area (Å²) in [5.74, 6) is 2.00. The zero-order valence-corrected chi connectivity index (χ0v) is 11.0. The molecule has 0 saturated heterocycles. The van der Waals surface area contributed by atoms with Crippen molar-refractivity contribution in [2.24, 2.45) is 7.05 Å². The fraction of sp³-hybridized carbons (Fsp3) is 0.333. The van der Waals surface area contributed by atoms with Crippen LogP contribution in [-0.4, -0.2) is 14.8 Å². The smallest absolute Gasteiger partial charge is 0.133 e. The molecule has 4 heteroatoms. The lowest BCUT2D eigenvalue weighted by Crippen LogP contribution is -2.02. The molecule has 0 amide bonds. The zero-order chi connectivity index (χ0) is 11.5. The van der Waals surface area contributed by atoms with Crippen molar-refractivity contribution >= 4 is 15.9 Å². The average Bonchev–Trinajstić information content (AvgIpc) is 2.59. The lowest BCUT2D eigenvalue weighted by atomic mass is 10.1. The zero-order valence-electron chi connectivity index (χ0n) is 9.44. The van der Waals surface area contributed by atoms with E-state index in [4.69, 9.17) is 0 Å². The minimum absolute atomic E-state index is 0.917. The highest BCUT2D eigenvalue weighted by molar-refractivity contribution is 9.10. The van der Waals surface area contributed by atoms with E-state index < -0.39 is 0 Å². The lowest BCUT2D eigenvalue weighted by Gasteiger charge is -2.04. The van der Waals surface area contributed by atoms with Crippen molar-refractivity contribution in [2.45, 2.75) is 19.8 Å². The second kappa shape index (κ2) is 4.78. The van der Waals surface area contributed by atoms with Crippen molar-refractivity contribution in [3.8, 4) is 0 Å². The maximum atomic E-state index is 4.16. The summed E-state index contributed by atoms with van der Waals surface area (Å²) < 4.78 is 3.20. The van der Waals surface area contributed by atoms with E-state index in [0.717, 1.165) is 29.0 Å². The van der Waals surface area contributed by atoms with Crippen LogP contribution in [0.15, 0.2) is 28.7 Å². The van der Waals surface area contributed by atoms with E-state index in [1.165, 1.54) is 5.56 Å². The Kier molecular flexibility index (Phi) is 3.39. The van der Waals surface area contributed by atoms with E-state index in [1.54, 1.807) is 0 Å². The average molecular weight is 280 g/mol. The van der Waals surface area contributed by atoms with E-state index in [1.807, 2.05) is 24.6 Å². The molecule has 0 atom stereocenters. The third kappa shape index (κ3) is 2.32. The Hall–Kier alpha value is -1.16. The van der Waals surface area contributed by atoms with Gasteiger partial charge in [-0.2, -0.15) is 0 Å². The molecule has 0 fully saturated rings. The molecular weight excluding hydrogens is 266 g/mol. The molecule has 0 spiro atoms. The van der Waals surface area contributed by atoms with Gasteiger partial charge in [-0.15, -0.1) is 10.2 Å². The van der Waals surface area contributed by atoms with Crippen molar-refractivity contribution in [2.75, 3.05) is 0 Å². The van der Waals surface area contributed by atoms with Crippen LogP contribution in [0.25, 0.3) is 0 Å². The van der Waals surface area contributed by atoms with Gasteiger partial charge < -0.3 is 4.57 Å². The van der Waals surface area contributed by atoms with Crippen LogP contribution in [0.3, 0.4) is 0 Å². The van der Waals surface area contributed by atoms with Crippen LogP contribution in [-0.2, 0) is 19.9 Å². The molecule has 16 heavy (non-hydrogen) atoms. The van der Waals surface area contributed by atoms with Gasteiger partial charge in [-0.25, -0.2) is 0 Å². The van der Waals surface area contributed by atoms with Gasteiger partial charge in [0.05, 0.1) is 0 Å². The van der Waals surface area contributed by atoms with Crippen molar-refractivity contribution < 1.29 is 0 Å². The van der Waals surface area contributed by atoms with Crippen molar-refractivity contribution in [1.82, 2.24) is 14.8 Å². The molecule has 0 aliphatic rings. The molecule has 0 saturated carbocycles. The number of hydrogen-bond donors (Lipinski definition) is 0. The second-order valence-corrected chi connectivity index (χ2v) is 4.67. The Morgan fingerprint density at radius 2 is 1.94 bits per heavy atom. The summed E-state index contributed by atoms with van der Waals surface area (Å²) in [6.07, 6.45) is 1.90. The van der Waals surface area contributed by atoms with Gasteiger partial charge in [0, 0.05) is 17.9 Å². The van der Waals surface area contributed by atoms with E-state index in [2.05, 4.69) is 44.3 Å². The highest BCUT2D eigenvalue weighted by Gasteiger charge is 2.06. The number of rotatable bonds is 3. The third-order valence-corrected chi connectivity index (χ3v) is 3.53. The Balaban J connectivity index is 2.08. The Labute approximate surface area is 104 Å². The molecule has 1 heterocycles. The molecule has 0 unspecified atom stereocenters. The SMILES string of the molecule is Cc1nnc(CCc2ccccc2Br)n1C. The summed E-state index contributed by atoms with van der Waals surface area (Å²) >= 11 is 3.55. The molecule has 1 aromatic heterocycles. The van der Waals surface area contributed by atoms with Gasteiger partial charge in [0.25, 0.3) is 0 Å². The number of nitrogens with zero attached hydrogens (tertiary/aromatic N) is 3. The number of benzene rings is 1. The van der Waals surface area contributed by atoms with E-state index in [-0.39, 0.29) is 0 Å². The molecule has 2 aromatic rings. The van der Waals surface area contributed by atoms with E-state index in [0.29, 0.717) is 0 Å². The van der Waals surface area contributed by atoms with E-state index >= 15 is 0 Å². The molecule has 0 radical (unpaired) electrons. The quantitative estimate of drug-likeness (QED) is 0.865. The summed E-state index contributed by atoms with van der Waals surface area (Å²) in [5, 5.41) is 8.21. The van der Waals surface area contributed by atoms with E-state index in [9.17, 15) is 0 Å². The molecular formula is C12H14BrN3. The number of halogens is 1. The molecule has 0 aliphatic heterocycles. The Bertz CT molecular complexity index is 491. The van der Waals surface area contributed by atoms with Gasteiger partial charge >= 0.3 is 0 Å². The summed E-state index contributed by atoms with van der Waals surface area (Å²) in [4.78, 5) is 0. The van der Waals surface area contributed by atoms with Gasteiger partial charge in [-0.1, -0.05) is 34.1 Å². The maximum absolute atomic E-state index is 4.16. The molecule has 1 aromatic carbocycles. The Morgan fingerprint density at radius 1 is 1.19 bits per heavy atom. The van der Waals surface area contributed by atoms with Gasteiger partial charge in [0.1, 0.15) is 11.6 Å². The standard InChI is InChI=1S/C12H14BrN3/c1-9-14-15-12(16(9)2)8-7-10-5-3-4-6-11(10)13/h3-6H,7-8H2,1-2H3. The summed E-state index contributed by atoms with van der Waals surface area (Å²) in [6.45, 7) is 1.97. The number of hydrogen-bond acceptors (Lipinski definition) is 2. The van der Waals surface area contributed by atoms with Crippen LogP contribution in [0, 0.1) is 6.92 Å². The number of aromatic nitrogens is 3. The molecule has 0 aliphatic carbocycles. The first-order chi connectivity index (χ1) is 7.68.